The number of Topliss-reactive ketones (excluding diaryl/α,β-unsaturated/α-hetero) is 1. The minimum Gasteiger partial charge on any atom is -0.326 e. The van der Waals surface area contributed by atoms with E-state index in [2.05, 4.69) is 15.5 Å². The number of nitrogens with zero attached hydrogens (tertiary/aromatic N) is 1. The lowest BCUT2D eigenvalue weighted by molar-refractivity contribution is -0.117. The zero-order valence-corrected chi connectivity index (χ0v) is 12.8. The molecule has 0 bridgehead atoms. The monoisotopic (exact) mass is 297 g/mol. The van der Waals surface area contributed by atoms with Crippen molar-refractivity contribution in [3.8, 4) is 0 Å². The molecule has 1 heterocycles. The summed E-state index contributed by atoms with van der Waals surface area (Å²) in [7, 11) is 0. The first-order valence-electron chi connectivity index (χ1n) is 7.51. The smallest absolute Gasteiger partial charge is 0.232 e. The van der Waals surface area contributed by atoms with Gasteiger partial charge in [-0.15, -0.1) is 0 Å². The van der Waals surface area contributed by atoms with Crippen LogP contribution in [0.5, 0.6) is 0 Å². The van der Waals surface area contributed by atoms with Crippen molar-refractivity contribution < 1.29 is 9.59 Å². The second-order valence-corrected chi connectivity index (χ2v) is 5.82. The molecular formula is C17H19N3O2. The third kappa shape index (κ3) is 2.66. The maximum absolute atomic E-state index is 12.5. The fraction of sp³-hybridized carbons (Fsp3) is 0.353. The van der Waals surface area contributed by atoms with Gasteiger partial charge in [0.25, 0.3) is 0 Å². The van der Waals surface area contributed by atoms with Crippen LogP contribution in [0, 0.1) is 6.92 Å². The van der Waals surface area contributed by atoms with Gasteiger partial charge in [-0.1, -0.05) is 0 Å². The van der Waals surface area contributed by atoms with Crippen LogP contribution in [0.15, 0.2) is 24.4 Å². The number of aryl methyl sites for hydroxylation is 2. The third-order valence-electron chi connectivity index (χ3n) is 4.24. The van der Waals surface area contributed by atoms with Gasteiger partial charge >= 0.3 is 0 Å². The summed E-state index contributed by atoms with van der Waals surface area (Å²) in [6.07, 6.45) is 4.52. The molecule has 0 radical (unpaired) electrons. The number of carbonyl (C=O) groups is 2. The molecule has 5 heteroatoms. The zero-order chi connectivity index (χ0) is 15.7. The van der Waals surface area contributed by atoms with Crippen LogP contribution in [0.2, 0.25) is 0 Å². The summed E-state index contributed by atoms with van der Waals surface area (Å²) in [5.74, 6) is -0.140. The van der Waals surface area contributed by atoms with Crippen LogP contribution in [0.3, 0.4) is 0 Å². The van der Waals surface area contributed by atoms with E-state index in [0.29, 0.717) is 5.56 Å². The number of carbonyl (C=O) groups excluding carboxylic acids is 2. The fourth-order valence-electron chi connectivity index (χ4n) is 3.10. The van der Waals surface area contributed by atoms with E-state index in [-0.39, 0.29) is 17.6 Å². The lowest BCUT2D eigenvalue weighted by atomic mass is 9.86. The number of amides is 1. The number of hydrogen-bond donors (Lipinski definition) is 2. The van der Waals surface area contributed by atoms with Crippen LogP contribution in [0.1, 0.15) is 52.9 Å². The Hall–Kier alpha value is -2.43. The van der Waals surface area contributed by atoms with E-state index in [9.17, 15) is 9.59 Å². The molecule has 2 aromatic rings. The second-order valence-electron chi connectivity index (χ2n) is 5.82. The first kappa shape index (κ1) is 14.5. The highest BCUT2D eigenvalue weighted by atomic mass is 16.2. The number of fused-ring (bicyclic) bond motifs is 1. The molecule has 0 spiro atoms. The van der Waals surface area contributed by atoms with E-state index >= 15 is 0 Å². The number of nitrogens with one attached hydrogen (secondary N) is 2. The van der Waals surface area contributed by atoms with Gasteiger partial charge in [-0.2, -0.15) is 5.10 Å². The predicted molar refractivity (Wildman–Crippen MR) is 84.1 cm³/mol. The summed E-state index contributed by atoms with van der Waals surface area (Å²) < 4.78 is 0. The summed E-state index contributed by atoms with van der Waals surface area (Å²) in [4.78, 5) is 24.0. The Kier molecular flexibility index (Phi) is 3.79. The average Bonchev–Trinajstić information content (AvgIpc) is 2.95. The number of aromatic amines is 1. The number of rotatable bonds is 3. The minimum atomic E-state index is -0.157. The van der Waals surface area contributed by atoms with Gasteiger partial charge in [-0.3, -0.25) is 14.7 Å². The third-order valence-corrected chi connectivity index (χ3v) is 4.24. The van der Waals surface area contributed by atoms with Gasteiger partial charge in [0, 0.05) is 22.5 Å². The van der Waals surface area contributed by atoms with Crippen molar-refractivity contribution >= 4 is 17.4 Å². The molecule has 1 aliphatic rings. The molecule has 1 unspecified atom stereocenters. The quantitative estimate of drug-likeness (QED) is 0.855. The normalized spacial score (nSPS) is 16.9. The summed E-state index contributed by atoms with van der Waals surface area (Å²) in [5, 5.41) is 9.97. The Balaban J connectivity index is 1.78. The molecule has 3 rings (SSSR count). The molecule has 0 saturated heterocycles. The van der Waals surface area contributed by atoms with Crippen LogP contribution in [-0.4, -0.2) is 21.9 Å². The molecule has 1 aromatic carbocycles. The van der Waals surface area contributed by atoms with E-state index in [0.717, 1.165) is 41.8 Å². The number of ketones is 1. The zero-order valence-electron chi connectivity index (χ0n) is 12.8. The lowest BCUT2D eigenvalue weighted by Crippen LogP contribution is -2.24. The molecule has 0 aliphatic heterocycles. The predicted octanol–water partition coefficient (Wildman–Crippen LogP) is 2.98. The van der Waals surface area contributed by atoms with Crippen LogP contribution in [0.4, 0.5) is 5.69 Å². The van der Waals surface area contributed by atoms with Crippen molar-refractivity contribution in [2.45, 2.75) is 39.0 Å². The highest BCUT2D eigenvalue weighted by molar-refractivity contribution is 5.98. The van der Waals surface area contributed by atoms with Crippen molar-refractivity contribution in [2.75, 3.05) is 5.32 Å². The van der Waals surface area contributed by atoms with Crippen LogP contribution >= 0.6 is 0 Å². The first-order chi connectivity index (χ1) is 10.6. The lowest BCUT2D eigenvalue weighted by Gasteiger charge is -2.21. The summed E-state index contributed by atoms with van der Waals surface area (Å²) >= 11 is 0. The molecule has 1 amide bonds. The van der Waals surface area contributed by atoms with Crippen LogP contribution < -0.4 is 5.32 Å². The Morgan fingerprint density at radius 2 is 2.18 bits per heavy atom. The molecule has 1 aliphatic carbocycles. The molecule has 5 nitrogen and oxygen atoms in total. The van der Waals surface area contributed by atoms with Gasteiger partial charge in [-0.05, 0) is 56.9 Å². The maximum Gasteiger partial charge on any atom is 0.232 e. The van der Waals surface area contributed by atoms with E-state index in [1.807, 2.05) is 13.0 Å². The molecular weight excluding hydrogens is 278 g/mol. The molecule has 114 valence electrons. The summed E-state index contributed by atoms with van der Waals surface area (Å²) in [6.45, 7) is 3.42. The Bertz CT molecular complexity index is 733. The summed E-state index contributed by atoms with van der Waals surface area (Å²) in [5.41, 5.74) is 4.35. The topological polar surface area (TPSA) is 74.8 Å². The number of hydrogen-bond acceptors (Lipinski definition) is 3. The van der Waals surface area contributed by atoms with Crippen molar-refractivity contribution in [3.05, 3.63) is 46.8 Å². The van der Waals surface area contributed by atoms with E-state index in [1.54, 1.807) is 25.3 Å². The fourth-order valence-corrected chi connectivity index (χ4v) is 3.10. The summed E-state index contributed by atoms with van der Waals surface area (Å²) in [6, 6.07) is 5.38. The van der Waals surface area contributed by atoms with Gasteiger partial charge in [0.1, 0.15) is 0 Å². The largest absolute Gasteiger partial charge is 0.326 e. The van der Waals surface area contributed by atoms with Crippen molar-refractivity contribution in [3.63, 3.8) is 0 Å². The van der Waals surface area contributed by atoms with Crippen molar-refractivity contribution in [1.29, 1.82) is 0 Å². The minimum absolute atomic E-state index is 0.0164. The number of aromatic nitrogens is 2. The maximum atomic E-state index is 12.5. The molecule has 22 heavy (non-hydrogen) atoms. The second kappa shape index (κ2) is 5.75. The van der Waals surface area contributed by atoms with Crippen LogP contribution in [0.25, 0.3) is 0 Å². The average molecular weight is 297 g/mol. The van der Waals surface area contributed by atoms with Gasteiger partial charge in [-0.25, -0.2) is 0 Å². The first-order valence-corrected chi connectivity index (χ1v) is 7.51. The van der Waals surface area contributed by atoms with Crippen molar-refractivity contribution in [1.82, 2.24) is 10.2 Å². The van der Waals surface area contributed by atoms with Gasteiger partial charge in [0.15, 0.2) is 5.78 Å². The van der Waals surface area contributed by atoms with Crippen LogP contribution in [-0.2, 0) is 11.2 Å². The molecule has 2 N–H and O–H groups in total. The van der Waals surface area contributed by atoms with Crippen molar-refractivity contribution in [2.24, 2.45) is 0 Å². The van der Waals surface area contributed by atoms with Gasteiger partial charge < -0.3 is 5.32 Å². The highest BCUT2D eigenvalue weighted by Gasteiger charge is 2.28. The Morgan fingerprint density at radius 1 is 1.36 bits per heavy atom. The number of benzene rings is 1. The number of anilines is 1. The van der Waals surface area contributed by atoms with E-state index < -0.39 is 0 Å². The SMILES string of the molecule is CC(=O)c1ccc(NC(=O)C2CCCc3[nH]ncc32)cc1C. The Morgan fingerprint density at radius 3 is 2.91 bits per heavy atom. The van der Waals surface area contributed by atoms with E-state index in [4.69, 9.17) is 0 Å². The molecule has 1 aromatic heterocycles. The number of H-pyrrole nitrogens is 1. The Labute approximate surface area is 129 Å². The van der Waals surface area contributed by atoms with Gasteiger partial charge in [0.05, 0.1) is 12.1 Å². The highest BCUT2D eigenvalue weighted by Crippen LogP contribution is 2.31. The van der Waals surface area contributed by atoms with E-state index in [1.165, 1.54) is 0 Å². The molecule has 1 atom stereocenters. The molecule has 0 saturated carbocycles. The standard InChI is InChI=1S/C17H19N3O2/c1-10-8-12(6-7-13(10)11(2)21)19-17(22)14-4-3-5-16-15(14)9-18-20-16/h6-9,14H,3-5H2,1-2H3,(H,18,20)(H,19,22). The van der Waals surface area contributed by atoms with Gasteiger partial charge in [0.2, 0.25) is 5.91 Å². The molecule has 0 fully saturated rings.